The molecule has 11 heteroatoms. The summed E-state index contributed by atoms with van der Waals surface area (Å²) in [7, 11) is 0. The Kier molecular flexibility index (Phi) is 46.4. The number of nitrogens with one attached hydrogen (secondary N) is 1. The summed E-state index contributed by atoms with van der Waals surface area (Å²) >= 11 is 0. The van der Waals surface area contributed by atoms with Crippen molar-refractivity contribution in [3.05, 3.63) is 24.3 Å². The van der Waals surface area contributed by atoms with Gasteiger partial charge >= 0.3 is 5.97 Å². The fraction of sp³-hybridized carbons (Fsp3) is 0.900. The maximum Gasteiger partial charge on any atom is 0.306 e. The number of amides is 1. The van der Waals surface area contributed by atoms with Crippen LogP contribution < -0.4 is 5.32 Å². The second-order valence-electron chi connectivity index (χ2n) is 21.1. The first-order chi connectivity index (χ1) is 34.7. The number of ether oxygens (including phenoxy) is 3. The number of aliphatic hydroxyl groups excluding tert-OH is 5. The Morgan fingerprint density at radius 2 is 0.944 bits per heavy atom. The van der Waals surface area contributed by atoms with Gasteiger partial charge in [-0.3, -0.25) is 9.59 Å². The highest BCUT2D eigenvalue weighted by molar-refractivity contribution is 5.80. The molecule has 0 saturated carbocycles. The molecule has 0 aliphatic carbocycles. The number of hydrogen-bond donors (Lipinski definition) is 6. The van der Waals surface area contributed by atoms with Gasteiger partial charge in [-0.15, -0.1) is 0 Å². The molecule has 0 radical (unpaired) electrons. The second-order valence-corrected chi connectivity index (χ2v) is 21.1. The Hall–Kier alpha value is -1.86. The summed E-state index contributed by atoms with van der Waals surface area (Å²) in [6.45, 7) is 5.75. The van der Waals surface area contributed by atoms with Gasteiger partial charge < -0.3 is 45.1 Å². The van der Waals surface area contributed by atoms with Crippen molar-refractivity contribution < 1.29 is 49.3 Å². The molecule has 1 fully saturated rings. The molecule has 8 unspecified atom stereocenters. The van der Waals surface area contributed by atoms with Crippen molar-refractivity contribution in [2.75, 3.05) is 13.2 Å². The van der Waals surface area contributed by atoms with E-state index in [1.807, 2.05) is 6.08 Å². The van der Waals surface area contributed by atoms with E-state index in [2.05, 4.69) is 38.2 Å². The fourth-order valence-corrected chi connectivity index (χ4v) is 9.52. The van der Waals surface area contributed by atoms with Crippen LogP contribution >= 0.6 is 0 Å². The van der Waals surface area contributed by atoms with Crippen molar-refractivity contribution in [1.82, 2.24) is 5.32 Å². The first kappa shape index (κ1) is 67.2. The number of hydrogen-bond acceptors (Lipinski definition) is 10. The van der Waals surface area contributed by atoms with Crippen LogP contribution in [0.2, 0.25) is 0 Å². The molecule has 1 saturated heterocycles. The number of allylic oxidation sites excluding steroid dienone is 3. The molecule has 0 bridgehead atoms. The number of rotatable bonds is 51. The Morgan fingerprint density at radius 3 is 1.41 bits per heavy atom. The van der Waals surface area contributed by atoms with Gasteiger partial charge in [-0.25, -0.2) is 0 Å². The molecule has 1 rings (SSSR count). The van der Waals surface area contributed by atoms with Crippen molar-refractivity contribution >= 4 is 11.9 Å². The molecule has 11 nitrogen and oxygen atoms in total. The highest BCUT2D eigenvalue weighted by Crippen LogP contribution is 2.26. The molecule has 0 spiro atoms. The summed E-state index contributed by atoms with van der Waals surface area (Å²) in [4.78, 5) is 26.4. The van der Waals surface area contributed by atoms with Crippen LogP contribution in [0.15, 0.2) is 24.3 Å². The molecule has 1 aliphatic rings. The predicted octanol–water partition coefficient (Wildman–Crippen LogP) is 13.7. The summed E-state index contributed by atoms with van der Waals surface area (Å²) in [6.07, 6.45) is 45.1. The highest BCUT2D eigenvalue weighted by Gasteiger charge is 2.47. The zero-order valence-electron chi connectivity index (χ0n) is 46.1. The van der Waals surface area contributed by atoms with Crippen LogP contribution in [0.3, 0.4) is 0 Å². The van der Waals surface area contributed by atoms with E-state index in [4.69, 9.17) is 14.2 Å². The minimum Gasteiger partial charge on any atom is -0.454 e. The number of aliphatic hydroxyl groups is 5. The molecular formula is C60H113NO10. The average Bonchev–Trinajstić information content (AvgIpc) is 3.37. The van der Waals surface area contributed by atoms with Gasteiger partial charge in [0.2, 0.25) is 5.91 Å². The molecular weight excluding hydrogens is 895 g/mol. The third kappa shape index (κ3) is 37.5. The van der Waals surface area contributed by atoms with Crippen molar-refractivity contribution in [2.24, 2.45) is 0 Å². The van der Waals surface area contributed by atoms with Crippen molar-refractivity contribution in [2.45, 2.75) is 333 Å². The predicted molar refractivity (Wildman–Crippen MR) is 292 cm³/mol. The van der Waals surface area contributed by atoms with Crippen LogP contribution in [0.25, 0.3) is 0 Å². The standard InChI is InChI=1S/C60H113NO10/c1-4-7-10-13-16-19-22-24-25-26-27-28-29-31-33-36-39-42-45-48-55(65)71-58-57(67)56(66)54(49-62)70-60(58)69-50-51(52(63)46-43-40-37-35-32-30-23-20-17-14-11-8-5-2)61-59(68)53(64)47-44-41-38-34-21-18-15-12-9-6-3/h15,18,43,46,51-54,56-58,60,62-64,66-67H,4-14,16-17,19-42,44-45,47-50H2,1-3H3,(H,61,68)/b18-15-,46-43+. The Labute approximate surface area is 435 Å². The molecule has 1 aliphatic heterocycles. The van der Waals surface area contributed by atoms with Crippen molar-refractivity contribution in [3.8, 4) is 0 Å². The topological polar surface area (TPSA) is 175 Å². The Morgan fingerprint density at radius 1 is 0.535 bits per heavy atom. The monoisotopic (exact) mass is 1010 g/mol. The number of esters is 1. The van der Waals surface area contributed by atoms with Crippen LogP contribution in [0.1, 0.15) is 284 Å². The van der Waals surface area contributed by atoms with E-state index in [0.29, 0.717) is 12.8 Å². The lowest BCUT2D eigenvalue weighted by Crippen LogP contribution is -2.61. The van der Waals surface area contributed by atoms with E-state index in [9.17, 15) is 35.1 Å². The van der Waals surface area contributed by atoms with Crippen LogP contribution in [0, 0.1) is 0 Å². The fourth-order valence-electron chi connectivity index (χ4n) is 9.52. The minimum absolute atomic E-state index is 0.129. The number of carbonyl (C=O) groups is 2. The van der Waals surface area contributed by atoms with Gasteiger partial charge in [0, 0.05) is 6.42 Å². The second kappa shape index (κ2) is 49.0. The summed E-state index contributed by atoms with van der Waals surface area (Å²) in [5, 5.41) is 56.8. The van der Waals surface area contributed by atoms with E-state index < -0.39 is 67.4 Å². The first-order valence-corrected chi connectivity index (χ1v) is 30.1. The molecule has 0 aromatic rings. The quantitative estimate of drug-likeness (QED) is 0.0195. The number of carbonyl (C=O) groups excluding carboxylic acids is 2. The van der Waals surface area contributed by atoms with Crippen molar-refractivity contribution in [1.29, 1.82) is 0 Å². The van der Waals surface area contributed by atoms with E-state index in [0.717, 1.165) is 70.6 Å². The van der Waals surface area contributed by atoms with Gasteiger partial charge in [-0.2, -0.15) is 0 Å². The SMILES string of the molecule is CCCC/C=C\CCCCCCC(O)C(=O)NC(COC1OC(CO)C(O)C(O)C1OC(=O)CCCCCCCCCCCCCCCCCCCCC)C(O)/C=C/CCCCCCCCCCCCC. The number of unbranched alkanes of at least 4 members (excludes halogenated alkanes) is 35. The normalized spacial score (nSPS) is 19.7. The molecule has 71 heavy (non-hydrogen) atoms. The molecule has 0 aromatic carbocycles. The zero-order chi connectivity index (χ0) is 51.8. The average molecular weight is 1010 g/mol. The van der Waals surface area contributed by atoms with Gasteiger partial charge in [0.05, 0.1) is 25.4 Å². The molecule has 0 aromatic heterocycles. The lowest BCUT2D eigenvalue weighted by molar-refractivity contribution is -0.305. The summed E-state index contributed by atoms with van der Waals surface area (Å²) < 4.78 is 17.6. The molecule has 8 atom stereocenters. The van der Waals surface area contributed by atoms with Crippen LogP contribution in [0.5, 0.6) is 0 Å². The lowest BCUT2D eigenvalue weighted by atomic mass is 9.99. The van der Waals surface area contributed by atoms with E-state index in [-0.39, 0.29) is 19.4 Å². The van der Waals surface area contributed by atoms with Gasteiger partial charge in [0.15, 0.2) is 12.4 Å². The van der Waals surface area contributed by atoms with E-state index >= 15 is 0 Å². The van der Waals surface area contributed by atoms with Gasteiger partial charge in [0.25, 0.3) is 0 Å². The third-order valence-corrected chi connectivity index (χ3v) is 14.4. The molecule has 1 amide bonds. The third-order valence-electron chi connectivity index (χ3n) is 14.4. The smallest absolute Gasteiger partial charge is 0.306 e. The summed E-state index contributed by atoms with van der Waals surface area (Å²) in [5.74, 6) is -1.19. The van der Waals surface area contributed by atoms with Gasteiger partial charge in [0.1, 0.15) is 24.4 Å². The molecule has 1 heterocycles. The van der Waals surface area contributed by atoms with Crippen molar-refractivity contribution in [3.63, 3.8) is 0 Å². The highest BCUT2D eigenvalue weighted by atomic mass is 16.7. The van der Waals surface area contributed by atoms with E-state index in [1.54, 1.807) is 6.08 Å². The minimum atomic E-state index is -1.61. The maximum absolute atomic E-state index is 13.3. The van der Waals surface area contributed by atoms with Crippen LogP contribution in [-0.2, 0) is 23.8 Å². The Balaban J connectivity index is 2.66. The molecule has 6 N–H and O–H groups in total. The molecule has 418 valence electrons. The van der Waals surface area contributed by atoms with E-state index in [1.165, 1.54) is 167 Å². The van der Waals surface area contributed by atoms with Crippen LogP contribution in [0.4, 0.5) is 0 Å². The van der Waals surface area contributed by atoms with Gasteiger partial charge in [-0.05, 0) is 44.9 Å². The Bertz CT molecular complexity index is 1250. The first-order valence-electron chi connectivity index (χ1n) is 30.1. The lowest BCUT2D eigenvalue weighted by Gasteiger charge is -2.41. The van der Waals surface area contributed by atoms with Crippen LogP contribution in [-0.4, -0.2) is 99.6 Å². The maximum atomic E-state index is 13.3. The zero-order valence-corrected chi connectivity index (χ0v) is 46.1. The van der Waals surface area contributed by atoms with Gasteiger partial charge in [-0.1, -0.05) is 257 Å². The largest absolute Gasteiger partial charge is 0.454 e. The summed E-state index contributed by atoms with van der Waals surface area (Å²) in [5.41, 5.74) is 0. The summed E-state index contributed by atoms with van der Waals surface area (Å²) in [6, 6.07) is -1.02.